The summed E-state index contributed by atoms with van der Waals surface area (Å²) in [7, 11) is 0. The van der Waals surface area contributed by atoms with Crippen LogP contribution in [0.3, 0.4) is 0 Å². The monoisotopic (exact) mass is 2040 g/mol. The third-order valence-corrected chi connectivity index (χ3v) is 26.5. The van der Waals surface area contributed by atoms with Crippen molar-refractivity contribution in [3.05, 3.63) is 465 Å². The van der Waals surface area contributed by atoms with E-state index in [0.717, 1.165) is 164 Å². The van der Waals surface area contributed by atoms with E-state index in [0.29, 0.717) is 127 Å². The highest BCUT2D eigenvalue weighted by Crippen LogP contribution is 2.34. The number of para-hydroxylation sites is 4. The molecule has 4 N–H and O–H groups in total. The number of aliphatic hydroxyl groups excluding tert-OH is 1. The topological polar surface area (TPSA) is 280 Å². The summed E-state index contributed by atoms with van der Waals surface area (Å²) in [5.41, 5.74) is 18.0. The van der Waals surface area contributed by atoms with Crippen molar-refractivity contribution in [2.24, 2.45) is 0 Å². The molecule has 4 amide bonds. The molecule has 16 aromatic rings. The summed E-state index contributed by atoms with van der Waals surface area (Å²) in [6.45, 7) is 5.19. The van der Waals surface area contributed by atoms with Gasteiger partial charge in [0.15, 0.2) is 5.78 Å². The number of rotatable bonds is 53. The molecule has 0 aliphatic heterocycles. The zero-order valence-electron chi connectivity index (χ0n) is 84.3. The SMILES string of the molecule is O=C(CO)CCCCCOc1ccccc1CN(Cc1ccccc1)C(=O)c1ccc(-c2ccccc2)cc1.O=C(O)CCCCCOc1ccccc1CN(Cc1ccccc1)C(=O)c1ccc(-c2cccs2)cc1.O=C(O)CCCCCOc1ccccc1CN(Cc1ccccc1)C(=O)c1ccc(-c2ccoc2)cc1.O=C(O)CCCCCOc1ccccc1CN(Cc1ccccc1)C(=O)c1ccc(-c2ccsc2)cc1. The van der Waals surface area contributed by atoms with E-state index in [1.165, 1.54) is 4.88 Å². The first-order valence-electron chi connectivity index (χ1n) is 50.9. The first-order chi connectivity index (χ1) is 73.4. The molecule has 0 fully saturated rings. The number of furan rings is 1. The van der Waals surface area contributed by atoms with Crippen LogP contribution in [0.25, 0.3) is 43.8 Å². The van der Waals surface area contributed by atoms with Gasteiger partial charge in [-0.25, -0.2) is 0 Å². The van der Waals surface area contributed by atoms with E-state index in [4.69, 9.17) is 43.8 Å². The van der Waals surface area contributed by atoms with E-state index in [-0.39, 0.29) is 55.3 Å². The number of benzene rings is 13. The highest BCUT2D eigenvalue weighted by Gasteiger charge is 2.26. The van der Waals surface area contributed by atoms with E-state index < -0.39 is 17.9 Å². The molecular weight excluding hydrogens is 1920 g/mol. The number of hydrogen-bond donors (Lipinski definition) is 4. The van der Waals surface area contributed by atoms with E-state index in [1.807, 2.05) is 376 Å². The molecule has 23 heteroatoms. The van der Waals surface area contributed by atoms with Gasteiger partial charge in [0.25, 0.3) is 23.6 Å². The summed E-state index contributed by atoms with van der Waals surface area (Å²) < 4.78 is 29.4. The molecule has 3 heterocycles. The van der Waals surface area contributed by atoms with Gasteiger partial charge in [-0.3, -0.25) is 38.4 Å². The number of amides is 4. The fourth-order valence-corrected chi connectivity index (χ4v) is 18.3. The lowest BCUT2D eigenvalue weighted by molar-refractivity contribution is -0.138. The van der Waals surface area contributed by atoms with Crippen molar-refractivity contribution in [2.75, 3.05) is 33.0 Å². The zero-order chi connectivity index (χ0) is 105. The molecule has 150 heavy (non-hydrogen) atoms. The molecule has 770 valence electrons. The minimum Gasteiger partial charge on any atom is -0.493 e. The Balaban J connectivity index is 0.000000167. The van der Waals surface area contributed by atoms with Crippen LogP contribution >= 0.6 is 22.7 Å². The second kappa shape index (κ2) is 61.3. The fourth-order valence-electron chi connectivity index (χ4n) is 16.9. The van der Waals surface area contributed by atoms with Crippen molar-refractivity contribution < 1.29 is 82.1 Å². The molecule has 3 aromatic heterocycles. The molecule has 0 saturated carbocycles. The number of carboxylic acids is 3. The van der Waals surface area contributed by atoms with Crippen molar-refractivity contribution in [1.82, 2.24) is 19.6 Å². The summed E-state index contributed by atoms with van der Waals surface area (Å²) in [5.74, 6) is 0.383. The minimum absolute atomic E-state index is 0.0370. The fraction of sp³-hybridized carbons (Fsp3) is 0.228. The summed E-state index contributed by atoms with van der Waals surface area (Å²) in [4.78, 5) is 107. The highest BCUT2D eigenvalue weighted by atomic mass is 32.1. The van der Waals surface area contributed by atoms with Crippen LogP contribution in [0.2, 0.25) is 0 Å². The Bertz CT molecular complexity index is 6280. The molecule has 0 saturated heterocycles. The Labute approximate surface area is 886 Å². The number of hydrogen-bond acceptors (Lipinski definition) is 16. The lowest BCUT2D eigenvalue weighted by Crippen LogP contribution is -2.30. The molecule has 0 aliphatic rings. The highest BCUT2D eigenvalue weighted by molar-refractivity contribution is 7.13. The minimum atomic E-state index is -0.773. The summed E-state index contributed by atoms with van der Waals surface area (Å²) >= 11 is 3.33. The quantitative estimate of drug-likeness (QED) is 0.0258. The second-order valence-corrected chi connectivity index (χ2v) is 37.9. The maximum atomic E-state index is 13.8. The molecular formula is C127H128N4O17S2. The van der Waals surface area contributed by atoms with E-state index in [2.05, 4.69) is 29.6 Å². The van der Waals surface area contributed by atoms with Crippen LogP contribution in [0.15, 0.2) is 403 Å². The number of aliphatic carboxylic acids is 3. The molecule has 0 atom stereocenters. The molecule has 16 rings (SSSR count). The molecule has 0 spiro atoms. The van der Waals surface area contributed by atoms with Gasteiger partial charge in [0.2, 0.25) is 0 Å². The summed E-state index contributed by atoms with van der Waals surface area (Å²) in [6, 6.07) is 120. The Morgan fingerprint density at radius 2 is 0.540 bits per heavy atom. The lowest BCUT2D eigenvalue weighted by atomic mass is 10.0. The molecule has 0 aliphatic carbocycles. The van der Waals surface area contributed by atoms with Gasteiger partial charge in [-0.15, -0.1) is 11.3 Å². The van der Waals surface area contributed by atoms with E-state index >= 15 is 0 Å². The Morgan fingerprint density at radius 3 is 0.827 bits per heavy atom. The van der Waals surface area contributed by atoms with Gasteiger partial charge >= 0.3 is 17.9 Å². The number of ketones is 1. The largest absolute Gasteiger partial charge is 0.493 e. The number of carboxylic acid groups (broad SMARTS) is 3. The number of thiophene rings is 2. The lowest BCUT2D eigenvalue weighted by Gasteiger charge is -2.24. The smallest absolute Gasteiger partial charge is 0.303 e. The number of carbonyl (C=O) groups excluding carboxylic acids is 5. The number of Topliss-reactive ketones (excluding diaryl/α,β-unsaturated/α-hetero) is 1. The molecule has 0 unspecified atom stereocenters. The van der Waals surface area contributed by atoms with Crippen LogP contribution in [0.5, 0.6) is 23.0 Å². The second-order valence-electron chi connectivity index (χ2n) is 36.2. The average molecular weight is 2050 g/mol. The third-order valence-electron chi connectivity index (χ3n) is 24.9. The van der Waals surface area contributed by atoms with Crippen LogP contribution in [0.1, 0.15) is 189 Å². The van der Waals surface area contributed by atoms with Crippen molar-refractivity contribution >= 4 is 70.0 Å². The van der Waals surface area contributed by atoms with Gasteiger partial charge in [-0.05, 0) is 240 Å². The van der Waals surface area contributed by atoms with Gasteiger partial charge in [-0.1, -0.05) is 279 Å². The van der Waals surface area contributed by atoms with Crippen LogP contribution in [0, 0.1) is 0 Å². The number of aliphatic hydroxyl groups is 1. The van der Waals surface area contributed by atoms with Gasteiger partial charge in [0.05, 0.1) is 39.0 Å². The van der Waals surface area contributed by atoms with Gasteiger partial charge in [0.1, 0.15) is 29.6 Å². The van der Waals surface area contributed by atoms with Crippen molar-refractivity contribution in [1.29, 1.82) is 0 Å². The van der Waals surface area contributed by atoms with Gasteiger partial charge < -0.3 is 63.4 Å². The first kappa shape index (κ1) is 111. The summed E-state index contributed by atoms with van der Waals surface area (Å²) in [6.07, 6.45) is 13.3. The number of nitrogens with zero attached hydrogens (tertiary/aromatic N) is 4. The normalized spacial score (nSPS) is 10.7. The average Bonchev–Trinajstić information content (AvgIpc) is 1.03. The molecule has 13 aromatic carbocycles. The van der Waals surface area contributed by atoms with Crippen molar-refractivity contribution in [3.8, 4) is 66.8 Å². The van der Waals surface area contributed by atoms with Crippen LogP contribution in [0.4, 0.5) is 0 Å². The maximum absolute atomic E-state index is 13.8. The molecule has 21 nitrogen and oxygen atoms in total. The molecule has 0 bridgehead atoms. The Morgan fingerprint density at radius 1 is 0.253 bits per heavy atom. The standard InChI is InChI=1S/C34H35NO4.C31H31NO5.2C31H31NO4S/c36-26-32(37)17-8-3-11-23-39-33-18-10-9-16-31(33)25-35(24-27-12-4-1-5-13-27)34(38)30-21-19-29(20-22-30)28-14-6-2-7-15-28;33-30(34)13-5-2-8-19-37-29-12-7-6-11-27(29)22-32(21-24-9-3-1-4-10-24)31(35)26-16-14-25(15-17-26)28-18-20-36-23-28;33-30(34)15-5-2-8-20-36-28-13-7-6-12-27(28)23-32(22-24-10-3-1-4-11-24)31(35)26-18-16-25(17-19-26)29-14-9-21-37-29;33-30(34)13-5-2-8-19-36-29-12-7-6-11-27(29)22-32(21-24-9-3-1-4-10-24)31(35)26-16-14-25(15-17-26)28-18-20-37-23-28/h1-2,4-7,9-10,12-16,18-22,36H,3,8,11,17,23-26H2;1,3-4,6-7,9-12,14-18,20,23H,2,5,8,13,19,21-22H2,(H,33,34);1,3-4,6-7,9-14,16-19,21H,2,5,8,15,20,22-23H2,(H,33,34);1,3-4,6-7,9-12,14-18,20,23H,2,5,8,13,19,21-22H2,(H,33,34). The zero-order valence-corrected chi connectivity index (χ0v) is 85.9. The Hall–Kier alpha value is -16.3. The van der Waals surface area contributed by atoms with Crippen LogP contribution in [-0.4, -0.2) is 120 Å². The van der Waals surface area contributed by atoms with E-state index in [9.17, 15) is 38.4 Å². The molecule has 0 radical (unpaired) electrons. The number of carbonyl (C=O) groups is 8. The Kier molecular flexibility index (Phi) is 45.3. The van der Waals surface area contributed by atoms with Crippen molar-refractivity contribution in [3.63, 3.8) is 0 Å². The number of unbranched alkanes of at least 4 members (excludes halogenated alkanes) is 8. The predicted octanol–water partition coefficient (Wildman–Crippen LogP) is 28.1. The summed E-state index contributed by atoms with van der Waals surface area (Å²) in [5, 5.41) is 41.4. The number of ether oxygens (including phenoxy) is 4. The predicted molar refractivity (Wildman–Crippen MR) is 592 cm³/mol. The maximum Gasteiger partial charge on any atom is 0.303 e. The third kappa shape index (κ3) is 36.9. The van der Waals surface area contributed by atoms with Gasteiger partial charge in [-0.2, -0.15) is 11.3 Å². The first-order valence-corrected chi connectivity index (χ1v) is 52.7. The van der Waals surface area contributed by atoms with E-state index in [1.54, 1.807) is 35.2 Å². The van der Waals surface area contributed by atoms with Crippen molar-refractivity contribution in [2.45, 2.75) is 155 Å². The van der Waals surface area contributed by atoms with Crippen LogP contribution in [-0.2, 0) is 71.5 Å². The van der Waals surface area contributed by atoms with Gasteiger partial charge in [0, 0.05) is 133 Å². The van der Waals surface area contributed by atoms with Crippen LogP contribution < -0.4 is 18.9 Å².